The number of rotatable bonds is 4. The molecule has 0 atom stereocenters. The maximum absolute atomic E-state index is 10.4. The number of hydrogen-bond donors (Lipinski definition) is 0. The van der Waals surface area contributed by atoms with Crippen molar-refractivity contribution in [1.82, 2.24) is 9.80 Å². The maximum Gasteiger partial charge on any atom is 2.00 e. The van der Waals surface area contributed by atoms with Gasteiger partial charge in [-0.25, -0.2) is 16.8 Å². The molecule has 34 heavy (non-hydrogen) atoms. The fourth-order valence-corrected chi connectivity index (χ4v) is 3.27. The van der Waals surface area contributed by atoms with Crippen molar-refractivity contribution in [2.45, 2.75) is 63.4 Å². The van der Waals surface area contributed by atoms with Crippen molar-refractivity contribution in [1.29, 1.82) is 0 Å². The molecule has 0 unspecified atom stereocenters. The van der Waals surface area contributed by atoms with Crippen LogP contribution < -0.4 is 0 Å². The Morgan fingerprint density at radius 2 is 0.912 bits per heavy atom. The largest absolute Gasteiger partial charge is 2.00 e. The van der Waals surface area contributed by atoms with Gasteiger partial charge in [0.25, 0.3) is 0 Å². The zero-order valence-corrected chi connectivity index (χ0v) is 23.1. The van der Waals surface area contributed by atoms with Crippen molar-refractivity contribution in [3.8, 4) is 0 Å². The average Bonchev–Trinajstić information content (AvgIpc) is 3.19. The van der Waals surface area contributed by atoms with Gasteiger partial charge in [-0.15, -0.1) is 0 Å². The minimum absolute atomic E-state index is 0. The van der Waals surface area contributed by atoms with Crippen molar-refractivity contribution in [3.63, 3.8) is 0 Å². The van der Waals surface area contributed by atoms with Crippen molar-refractivity contribution in [2.75, 3.05) is 0 Å². The predicted octanol–water partition coefficient (Wildman–Crippen LogP) is 3.68. The van der Waals surface area contributed by atoms with Crippen LogP contribution in [-0.4, -0.2) is 47.8 Å². The Hall–Kier alpha value is -1.74. The van der Waals surface area contributed by atoms with Gasteiger partial charge in [0.1, 0.15) is 20.2 Å². The summed E-state index contributed by atoms with van der Waals surface area (Å²) in [5.74, 6) is 0. The van der Waals surface area contributed by atoms with Crippen LogP contribution >= 0.6 is 0 Å². The zero-order valence-electron chi connectivity index (χ0n) is 19.9. The van der Waals surface area contributed by atoms with Crippen LogP contribution in [0, 0.1) is 20.5 Å². The van der Waals surface area contributed by atoms with E-state index in [1.807, 2.05) is 13.8 Å². The first-order valence-electron chi connectivity index (χ1n) is 10.2. The Morgan fingerprint density at radius 1 is 0.647 bits per heavy atom. The fourth-order valence-electron chi connectivity index (χ4n) is 2.33. The van der Waals surface area contributed by atoms with E-state index in [1.54, 1.807) is 24.3 Å². The van der Waals surface area contributed by atoms with Gasteiger partial charge in [-0.2, -0.15) is 0 Å². The number of hydrogen-bond acceptors (Lipinski definition) is 8. The smallest absolute Gasteiger partial charge is 0.744 e. The molecule has 0 aliphatic carbocycles. The minimum Gasteiger partial charge on any atom is -0.744 e. The van der Waals surface area contributed by atoms with Crippen molar-refractivity contribution < 1.29 is 46.4 Å². The molecule has 1 aliphatic rings. The summed E-state index contributed by atoms with van der Waals surface area (Å²) in [6.07, 6.45) is 4.12. The van der Waals surface area contributed by atoms with Crippen molar-refractivity contribution in [3.05, 3.63) is 78.7 Å². The molecule has 2 radical (unpaired) electrons. The minimum atomic E-state index is -4.27. The van der Waals surface area contributed by atoms with Gasteiger partial charge in [0.05, 0.1) is 9.79 Å². The van der Waals surface area contributed by atoms with Gasteiger partial charge >= 0.3 is 20.4 Å². The van der Waals surface area contributed by atoms with Gasteiger partial charge < -0.3 is 18.9 Å². The van der Waals surface area contributed by atoms with E-state index in [1.165, 1.54) is 24.3 Å². The molecule has 11 heteroatoms. The Kier molecular flexibility index (Phi) is 13.3. The molecular formula is C23H30N2O6PdS2. The molecule has 0 saturated heterocycles. The predicted molar refractivity (Wildman–Crippen MR) is 125 cm³/mol. The summed E-state index contributed by atoms with van der Waals surface area (Å²) < 4.78 is 62.3. The standard InChI is InChI=1S/C9H16N2.2C7H8O3S.Pd/c1-8(2)10-5-6-11(7-10)9(3)4;2*1-6-2-4-7(5-3-6)11(8,9)10;/h5-6,8-9H,1-4H3;2*2-5H,1H3,(H,8,9,10);/q;;;+2/p-2. The molecule has 0 spiro atoms. The summed E-state index contributed by atoms with van der Waals surface area (Å²) >= 11 is 0. The molecule has 2 aromatic carbocycles. The first kappa shape index (κ1) is 32.3. The molecule has 190 valence electrons. The van der Waals surface area contributed by atoms with E-state index < -0.39 is 20.2 Å². The molecule has 1 aliphatic heterocycles. The Bertz CT molecular complexity index is 1030. The molecule has 0 saturated carbocycles. The van der Waals surface area contributed by atoms with Crippen LogP contribution in [0.4, 0.5) is 0 Å². The molecule has 1 heterocycles. The fraction of sp³-hybridized carbons (Fsp3) is 0.348. The SMILES string of the molecule is CC(C)N1[C]N(C(C)C)C=C1.Cc1ccc(S(=O)(=O)[O-])cc1.Cc1ccc(S(=O)(=O)[O-])cc1.[Pd+2]. The monoisotopic (exact) mass is 600 g/mol. The van der Waals surface area contributed by atoms with E-state index >= 15 is 0 Å². The van der Waals surface area contributed by atoms with Crippen LogP contribution in [0.15, 0.2) is 70.7 Å². The van der Waals surface area contributed by atoms with Gasteiger partial charge in [0, 0.05) is 24.5 Å². The van der Waals surface area contributed by atoms with E-state index in [0.29, 0.717) is 12.1 Å². The average molecular weight is 601 g/mol. The molecule has 2 aromatic rings. The van der Waals surface area contributed by atoms with Crippen LogP contribution in [0.5, 0.6) is 0 Å². The van der Waals surface area contributed by atoms with Gasteiger partial charge in [0.15, 0.2) is 0 Å². The maximum atomic E-state index is 10.4. The van der Waals surface area contributed by atoms with E-state index in [0.717, 1.165) is 11.1 Å². The van der Waals surface area contributed by atoms with Gasteiger partial charge in [-0.3, -0.25) is 0 Å². The Morgan fingerprint density at radius 3 is 1.09 bits per heavy atom. The first-order valence-corrected chi connectivity index (χ1v) is 13.0. The summed E-state index contributed by atoms with van der Waals surface area (Å²) in [6.45, 7) is 15.5. The summed E-state index contributed by atoms with van der Waals surface area (Å²) in [5, 5.41) is 0. The Labute approximate surface area is 217 Å². The second-order valence-corrected chi connectivity index (χ2v) is 10.7. The molecule has 0 bridgehead atoms. The molecule has 0 N–H and O–H groups in total. The molecule has 8 nitrogen and oxygen atoms in total. The van der Waals surface area contributed by atoms with Crippen molar-refractivity contribution >= 4 is 20.2 Å². The van der Waals surface area contributed by atoms with Crippen LogP contribution in [0.2, 0.25) is 0 Å². The zero-order chi connectivity index (χ0) is 25.4. The summed E-state index contributed by atoms with van der Waals surface area (Å²) in [7, 11) is -8.54. The number of aryl methyl sites for hydroxylation is 2. The van der Waals surface area contributed by atoms with Crippen LogP contribution in [0.1, 0.15) is 38.8 Å². The molecule has 0 amide bonds. The van der Waals surface area contributed by atoms with E-state index in [2.05, 4.69) is 56.6 Å². The van der Waals surface area contributed by atoms with Crippen LogP contribution in [0.3, 0.4) is 0 Å². The van der Waals surface area contributed by atoms with E-state index in [4.69, 9.17) is 0 Å². The third-order valence-corrected chi connectivity index (χ3v) is 6.05. The molecular weight excluding hydrogens is 571 g/mol. The van der Waals surface area contributed by atoms with Crippen molar-refractivity contribution in [2.24, 2.45) is 0 Å². The van der Waals surface area contributed by atoms with E-state index in [-0.39, 0.29) is 30.2 Å². The van der Waals surface area contributed by atoms with Crippen LogP contribution in [-0.2, 0) is 40.7 Å². The van der Waals surface area contributed by atoms with Gasteiger partial charge in [-0.05, 0) is 65.8 Å². The topological polar surface area (TPSA) is 121 Å². The third kappa shape index (κ3) is 11.6. The quantitative estimate of drug-likeness (QED) is 0.385. The normalized spacial score (nSPS) is 13.1. The summed E-state index contributed by atoms with van der Waals surface area (Å²) in [4.78, 5) is 3.81. The Balaban J connectivity index is 0.000000473. The molecule has 0 fully saturated rings. The molecule has 0 aromatic heterocycles. The molecule has 3 rings (SSSR count). The van der Waals surface area contributed by atoms with Crippen LogP contribution in [0.25, 0.3) is 0 Å². The summed E-state index contributed by atoms with van der Waals surface area (Å²) in [6, 6.07) is 12.6. The first-order chi connectivity index (χ1) is 15.1. The number of benzene rings is 2. The second-order valence-electron chi connectivity index (χ2n) is 7.93. The summed E-state index contributed by atoms with van der Waals surface area (Å²) in [5.41, 5.74) is 1.86. The second kappa shape index (κ2) is 14.0. The third-order valence-electron chi connectivity index (χ3n) is 4.35. The number of nitrogens with zero attached hydrogens (tertiary/aromatic N) is 2. The van der Waals surface area contributed by atoms with Gasteiger partial charge in [0.2, 0.25) is 6.67 Å². The van der Waals surface area contributed by atoms with Gasteiger partial charge in [-0.1, -0.05) is 35.4 Å². The van der Waals surface area contributed by atoms with E-state index in [9.17, 15) is 25.9 Å².